The summed E-state index contributed by atoms with van der Waals surface area (Å²) in [5, 5.41) is 3.49. The molecule has 0 bridgehead atoms. The smallest absolute Gasteiger partial charge is 0.375 e. The summed E-state index contributed by atoms with van der Waals surface area (Å²) >= 11 is 0. The van der Waals surface area contributed by atoms with Gasteiger partial charge < -0.3 is 19.2 Å². The van der Waals surface area contributed by atoms with Gasteiger partial charge in [0.2, 0.25) is 5.76 Å². The third kappa shape index (κ3) is 4.96. The van der Waals surface area contributed by atoms with E-state index in [-0.39, 0.29) is 5.76 Å². The summed E-state index contributed by atoms with van der Waals surface area (Å²) in [6.45, 7) is 3.53. The van der Waals surface area contributed by atoms with Crippen molar-refractivity contribution in [3.05, 3.63) is 59.4 Å². The highest BCUT2D eigenvalue weighted by molar-refractivity contribution is 5.98. The quantitative estimate of drug-likeness (QED) is 0.550. The third-order valence-corrected chi connectivity index (χ3v) is 4.72. The predicted octanol–water partition coefficient (Wildman–Crippen LogP) is 4.89. The van der Waals surface area contributed by atoms with Crippen molar-refractivity contribution in [1.29, 1.82) is 0 Å². The summed E-state index contributed by atoms with van der Waals surface area (Å²) in [6, 6.07) is 13.0. The standard InChI is InChI=1S/C23H25NO5/c1-4-5-6-16-7-9-17(10-8-16)24-21(25)14-28-23(26)22-15(2)19-13-18(27-3)11-12-20(19)29-22/h7-13H,4-6,14H2,1-3H3,(H,24,25). The molecule has 3 aromatic rings. The Hall–Kier alpha value is -3.28. The number of aryl methyl sites for hydroxylation is 2. The highest BCUT2D eigenvalue weighted by Crippen LogP contribution is 2.29. The van der Waals surface area contributed by atoms with Crippen LogP contribution in [-0.4, -0.2) is 25.6 Å². The molecule has 2 aromatic carbocycles. The average Bonchev–Trinajstić information content (AvgIpc) is 3.07. The van der Waals surface area contributed by atoms with Crippen LogP contribution >= 0.6 is 0 Å². The van der Waals surface area contributed by atoms with E-state index in [0.717, 1.165) is 24.6 Å². The average molecular weight is 395 g/mol. The molecule has 1 amide bonds. The van der Waals surface area contributed by atoms with E-state index < -0.39 is 18.5 Å². The molecule has 1 heterocycles. The predicted molar refractivity (Wildman–Crippen MR) is 111 cm³/mol. The third-order valence-electron chi connectivity index (χ3n) is 4.72. The fourth-order valence-electron chi connectivity index (χ4n) is 3.05. The monoisotopic (exact) mass is 395 g/mol. The Balaban J connectivity index is 1.58. The highest BCUT2D eigenvalue weighted by Gasteiger charge is 2.20. The Morgan fingerprint density at radius 2 is 1.86 bits per heavy atom. The molecule has 6 heteroatoms. The van der Waals surface area contributed by atoms with Crippen molar-refractivity contribution in [2.75, 3.05) is 19.0 Å². The minimum Gasteiger partial charge on any atom is -0.497 e. The lowest BCUT2D eigenvalue weighted by Crippen LogP contribution is -2.21. The number of esters is 1. The number of carbonyl (C=O) groups is 2. The number of anilines is 1. The lowest BCUT2D eigenvalue weighted by Gasteiger charge is -2.07. The summed E-state index contributed by atoms with van der Waals surface area (Å²) in [5.41, 5.74) is 3.10. The molecule has 0 spiro atoms. The topological polar surface area (TPSA) is 77.8 Å². The molecule has 152 valence electrons. The molecule has 29 heavy (non-hydrogen) atoms. The lowest BCUT2D eigenvalue weighted by atomic mass is 10.1. The second kappa shape index (κ2) is 9.28. The van der Waals surface area contributed by atoms with Crippen LogP contribution in [0.1, 0.15) is 41.4 Å². The van der Waals surface area contributed by atoms with Crippen molar-refractivity contribution < 1.29 is 23.5 Å². The second-order valence-corrected chi connectivity index (χ2v) is 6.84. The van der Waals surface area contributed by atoms with Gasteiger partial charge in [-0.2, -0.15) is 0 Å². The van der Waals surface area contributed by atoms with Gasteiger partial charge in [-0.25, -0.2) is 4.79 Å². The SMILES string of the molecule is CCCCc1ccc(NC(=O)COC(=O)c2oc3ccc(OC)cc3c2C)cc1. The van der Waals surface area contributed by atoms with Crippen LogP contribution < -0.4 is 10.1 Å². The van der Waals surface area contributed by atoms with Crippen LogP contribution in [0.15, 0.2) is 46.9 Å². The van der Waals surface area contributed by atoms with Gasteiger partial charge in [0, 0.05) is 16.6 Å². The van der Waals surface area contributed by atoms with Gasteiger partial charge >= 0.3 is 5.97 Å². The minimum absolute atomic E-state index is 0.0846. The van der Waals surface area contributed by atoms with Crippen LogP contribution in [0.4, 0.5) is 5.69 Å². The molecule has 1 aromatic heterocycles. The molecule has 0 unspecified atom stereocenters. The second-order valence-electron chi connectivity index (χ2n) is 6.84. The Labute approximate surface area is 169 Å². The first-order valence-electron chi connectivity index (χ1n) is 9.65. The Kier molecular flexibility index (Phi) is 6.54. The fraction of sp³-hybridized carbons (Fsp3) is 0.304. The molecule has 0 atom stereocenters. The highest BCUT2D eigenvalue weighted by atomic mass is 16.5. The number of unbranched alkanes of at least 4 members (excludes halogenated alkanes) is 1. The zero-order valence-corrected chi connectivity index (χ0v) is 16.9. The zero-order valence-electron chi connectivity index (χ0n) is 16.9. The summed E-state index contributed by atoms with van der Waals surface area (Å²) in [5.74, 6) is -0.333. The van der Waals surface area contributed by atoms with Gasteiger partial charge in [-0.05, 0) is 55.7 Å². The number of rotatable bonds is 8. The molecule has 3 rings (SSSR count). The molecule has 0 saturated carbocycles. The normalized spacial score (nSPS) is 10.7. The van der Waals surface area contributed by atoms with E-state index in [4.69, 9.17) is 13.9 Å². The van der Waals surface area contributed by atoms with E-state index in [0.29, 0.717) is 22.6 Å². The van der Waals surface area contributed by atoms with Gasteiger partial charge in [0.25, 0.3) is 5.91 Å². The van der Waals surface area contributed by atoms with E-state index >= 15 is 0 Å². The number of methoxy groups -OCH3 is 1. The van der Waals surface area contributed by atoms with Crippen molar-refractivity contribution in [3.8, 4) is 5.75 Å². The number of nitrogens with one attached hydrogen (secondary N) is 1. The molecule has 0 aliphatic carbocycles. The molecule has 0 saturated heterocycles. The number of amides is 1. The fourth-order valence-corrected chi connectivity index (χ4v) is 3.05. The zero-order chi connectivity index (χ0) is 20.8. The maximum absolute atomic E-state index is 12.4. The Morgan fingerprint density at radius 1 is 1.10 bits per heavy atom. The molecule has 6 nitrogen and oxygen atoms in total. The summed E-state index contributed by atoms with van der Waals surface area (Å²) < 4.78 is 15.9. The van der Waals surface area contributed by atoms with Gasteiger partial charge in [-0.15, -0.1) is 0 Å². The number of benzene rings is 2. The molecular weight excluding hydrogens is 370 g/mol. The first kappa shape index (κ1) is 20.5. The van der Waals surface area contributed by atoms with E-state index in [1.807, 2.05) is 24.3 Å². The number of carbonyl (C=O) groups excluding carboxylic acids is 2. The number of fused-ring (bicyclic) bond motifs is 1. The molecule has 0 aliphatic heterocycles. The van der Waals surface area contributed by atoms with Gasteiger partial charge in [-0.3, -0.25) is 4.79 Å². The first-order chi connectivity index (χ1) is 14.0. The number of ether oxygens (including phenoxy) is 2. The van der Waals surface area contributed by atoms with Crippen LogP contribution in [0.25, 0.3) is 11.0 Å². The van der Waals surface area contributed by atoms with E-state index in [1.54, 1.807) is 32.2 Å². The molecule has 0 radical (unpaired) electrons. The van der Waals surface area contributed by atoms with E-state index in [2.05, 4.69) is 12.2 Å². The number of hydrogen-bond donors (Lipinski definition) is 1. The lowest BCUT2D eigenvalue weighted by molar-refractivity contribution is -0.119. The summed E-state index contributed by atoms with van der Waals surface area (Å²) in [6.07, 6.45) is 3.29. The van der Waals surface area contributed by atoms with Crippen LogP contribution in [0.3, 0.4) is 0 Å². The van der Waals surface area contributed by atoms with Crippen LogP contribution in [0.2, 0.25) is 0 Å². The minimum atomic E-state index is -0.678. The Bertz CT molecular complexity index is 1000. The maximum atomic E-state index is 12.4. The number of furan rings is 1. The van der Waals surface area contributed by atoms with E-state index in [1.165, 1.54) is 5.56 Å². The van der Waals surface area contributed by atoms with Crippen LogP contribution in [0.5, 0.6) is 5.75 Å². The van der Waals surface area contributed by atoms with Crippen molar-refractivity contribution in [2.45, 2.75) is 33.1 Å². The van der Waals surface area contributed by atoms with Crippen molar-refractivity contribution in [3.63, 3.8) is 0 Å². The van der Waals surface area contributed by atoms with E-state index in [9.17, 15) is 9.59 Å². The largest absolute Gasteiger partial charge is 0.497 e. The number of hydrogen-bond acceptors (Lipinski definition) is 5. The summed E-state index contributed by atoms with van der Waals surface area (Å²) in [7, 11) is 1.57. The van der Waals surface area contributed by atoms with Crippen molar-refractivity contribution in [2.24, 2.45) is 0 Å². The van der Waals surface area contributed by atoms with Gasteiger partial charge in [0.05, 0.1) is 7.11 Å². The van der Waals surface area contributed by atoms with Gasteiger partial charge in [-0.1, -0.05) is 25.5 Å². The van der Waals surface area contributed by atoms with Crippen molar-refractivity contribution in [1.82, 2.24) is 0 Å². The van der Waals surface area contributed by atoms with Gasteiger partial charge in [0.1, 0.15) is 11.3 Å². The molecule has 1 N–H and O–H groups in total. The van der Waals surface area contributed by atoms with Crippen molar-refractivity contribution >= 4 is 28.5 Å². The molecule has 0 aliphatic rings. The van der Waals surface area contributed by atoms with Crippen LogP contribution in [-0.2, 0) is 16.0 Å². The maximum Gasteiger partial charge on any atom is 0.375 e. The van der Waals surface area contributed by atoms with Gasteiger partial charge in [0.15, 0.2) is 6.61 Å². The van der Waals surface area contributed by atoms with Crippen LogP contribution in [0, 0.1) is 6.92 Å². The first-order valence-corrected chi connectivity index (χ1v) is 9.65. The molecular formula is C23H25NO5. The molecule has 0 fully saturated rings. The Morgan fingerprint density at radius 3 is 2.55 bits per heavy atom. The summed E-state index contributed by atoms with van der Waals surface area (Å²) in [4.78, 5) is 24.5.